The molecule has 5 rings (SSSR count). The zero-order valence-corrected chi connectivity index (χ0v) is 17.1. The summed E-state index contributed by atoms with van der Waals surface area (Å²) in [5, 5.41) is 11.5. The fraction of sp³-hybridized carbons (Fsp3) is 0.0870. The molecule has 0 aliphatic carbocycles. The van der Waals surface area contributed by atoms with E-state index in [9.17, 15) is 14.7 Å². The van der Waals surface area contributed by atoms with Crippen LogP contribution in [0.1, 0.15) is 23.1 Å². The first kappa shape index (κ1) is 19.1. The molecule has 0 spiro atoms. The average molecular weight is 434 g/mol. The number of H-pyrrole nitrogens is 1. The summed E-state index contributed by atoms with van der Waals surface area (Å²) < 4.78 is 5.79. The quantitative estimate of drug-likeness (QED) is 0.276. The summed E-state index contributed by atoms with van der Waals surface area (Å²) in [4.78, 5) is 34.7. The number of Topliss-reactive ketones (excluding diaryl/α,β-unsaturated/α-hetero) is 1. The van der Waals surface area contributed by atoms with E-state index in [1.54, 1.807) is 67.8 Å². The molecular formula is C23H16ClN3O4. The van der Waals surface area contributed by atoms with E-state index in [1.165, 1.54) is 4.90 Å². The molecule has 2 aromatic heterocycles. The number of ketones is 1. The molecule has 1 aliphatic rings. The molecule has 7 nitrogen and oxygen atoms in total. The zero-order chi connectivity index (χ0) is 21.7. The Labute approximate surface area is 181 Å². The molecule has 0 saturated carbocycles. The van der Waals surface area contributed by atoms with Crippen LogP contribution in [0.4, 0.5) is 5.69 Å². The molecule has 154 valence electrons. The molecule has 1 amide bonds. The number of aryl methyl sites for hydroxylation is 1. The van der Waals surface area contributed by atoms with Crippen molar-refractivity contribution in [2.75, 3.05) is 4.90 Å². The predicted molar refractivity (Wildman–Crippen MR) is 116 cm³/mol. The van der Waals surface area contributed by atoms with E-state index in [0.717, 1.165) is 5.52 Å². The SMILES string of the molecule is Cc1ccc(C2C(=C(O)c3ccc(Cl)cc3)C(=O)C(=O)N2c2ccc3nc[nH]c3c2)o1. The number of carbonyl (C=O) groups excluding carboxylic acids is 2. The fourth-order valence-corrected chi connectivity index (χ4v) is 3.93. The third-order valence-corrected chi connectivity index (χ3v) is 5.53. The van der Waals surface area contributed by atoms with Gasteiger partial charge in [-0.05, 0) is 61.5 Å². The van der Waals surface area contributed by atoms with E-state index in [1.807, 2.05) is 0 Å². The summed E-state index contributed by atoms with van der Waals surface area (Å²) in [6, 6.07) is 14.1. The second-order valence-corrected chi connectivity index (χ2v) is 7.66. The highest BCUT2D eigenvalue weighted by Gasteiger charge is 2.48. The number of aliphatic hydroxyl groups excluding tert-OH is 1. The molecule has 1 atom stereocenters. The van der Waals surface area contributed by atoms with E-state index in [2.05, 4.69) is 9.97 Å². The van der Waals surface area contributed by atoms with E-state index >= 15 is 0 Å². The number of anilines is 1. The van der Waals surface area contributed by atoms with Crippen molar-refractivity contribution in [1.29, 1.82) is 0 Å². The molecule has 1 unspecified atom stereocenters. The van der Waals surface area contributed by atoms with E-state index in [-0.39, 0.29) is 11.3 Å². The van der Waals surface area contributed by atoms with Crippen molar-refractivity contribution in [3.63, 3.8) is 0 Å². The number of furan rings is 1. The number of nitrogens with one attached hydrogen (secondary N) is 1. The summed E-state index contributed by atoms with van der Waals surface area (Å²) in [5.74, 6) is -0.850. The van der Waals surface area contributed by atoms with Crippen LogP contribution < -0.4 is 4.90 Å². The van der Waals surface area contributed by atoms with Crippen molar-refractivity contribution in [3.8, 4) is 0 Å². The van der Waals surface area contributed by atoms with Gasteiger partial charge in [-0.2, -0.15) is 0 Å². The maximum atomic E-state index is 13.1. The van der Waals surface area contributed by atoms with Crippen LogP contribution in [0, 0.1) is 6.92 Å². The first-order chi connectivity index (χ1) is 14.9. The molecule has 1 saturated heterocycles. The van der Waals surface area contributed by atoms with Crippen LogP contribution in [-0.2, 0) is 9.59 Å². The Morgan fingerprint density at radius 3 is 2.61 bits per heavy atom. The van der Waals surface area contributed by atoms with Gasteiger partial charge >= 0.3 is 0 Å². The third kappa shape index (κ3) is 3.10. The molecule has 0 bridgehead atoms. The Morgan fingerprint density at radius 2 is 1.90 bits per heavy atom. The number of rotatable bonds is 3. The number of aromatic nitrogens is 2. The number of nitrogens with zero attached hydrogens (tertiary/aromatic N) is 2. The van der Waals surface area contributed by atoms with Gasteiger partial charge < -0.3 is 14.5 Å². The number of benzene rings is 2. The van der Waals surface area contributed by atoms with Gasteiger partial charge in [-0.15, -0.1) is 0 Å². The lowest BCUT2D eigenvalue weighted by Crippen LogP contribution is -2.29. The Balaban J connectivity index is 1.72. The third-order valence-electron chi connectivity index (χ3n) is 5.27. The Hall–Kier alpha value is -3.84. The molecule has 8 heteroatoms. The number of hydrogen-bond donors (Lipinski definition) is 2. The zero-order valence-electron chi connectivity index (χ0n) is 16.3. The smallest absolute Gasteiger partial charge is 0.300 e. The van der Waals surface area contributed by atoms with Gasteiger partial charge in [0.2, 0.25) is 0 Å². The molecular weight excluding hydrogens is 418 g/mol. The van der Waals surface area contributed by atoms with Gasteiger partial charge in [0.05, 0.1) is 22.9 Å². The van der Waals surface area contributed by atoms with Crippen LogP contribution in [-0.4, -0.2) is 26.8 Å². The van der Waals surface area contributed by atoms with Gasteiger partial charge in [0, 0.05) is 16.3 Å². The number of hydrogen-bond acceptors (Lipinski definition) is 5. The van der Waals surface area contributed by atoms with Crippen LogP contribution in [0.5, 0.6) is 0 Å². The predicted octanol–water partition coefficient (Wildman–Crippen LogP) is 4.74. The van der Waals surface area contributed by atoms with Crippen molar-refractivity contribution in [2.24, 2.45) is 0 Å². The lowest BCUT2D eigenvalue weighted by Gasteiger charge is -2.23. The molecule has 3 heterocycles. The highest BCUT2D eigenvalue weighted by atomic mass is 35.5. The van der Waals surface area contributed by atoms with Gasteiger partial charge in [-0.3, -0.25) is 14.5 Å². The molecule has 2 N–H and O–H groups in total. The summed E-state index contributed by atoms with van der Waals surface area (Å²) in [5.41, 5.74) is 2.25. The highest BCUT2D eigenvalue weighted by molar-refractivity contribution is 6.51. The van der Waals surface area contributed by atoms with E-state index in [0.29, 0.717) is 33.3 Å². The average Bonchev–Trinajstić information content (AvgIpc) is 3.46. The number of carbonyl (C=O) groups is 2. The highest BCUT2D eigenvalue weighted by Crippen LogP contribution is 2.43. The van der Waals surface area contributed by atoms with Crippen LogP contribution in [0.15, 0.2) is 70.9 Å². The van der Waals surface area contributed by atoms with Crippen molar-refractivity contribution in [2.45, 2.75) is 13.0 Å². The number of aliphatic hydroxyl groups is 1. The van der Waals surface area contributed by atoms with Gasteiger partial charge in [0.15, 0.2) is 0 Å². The Morgan fingerprint density at radius 1 is 1.13 bits per heavy atom. The standard InChI is InChI=1S/C23H16ClN3O4/c1-12-2-9-18(31-12)20-19(21(28)13-3-5-14(24)6-4-13)22(29)23(30)27(20)15-7-8-16-17(10-15)26-11-25-16/h2-11,20,28H,1H3,(H,25,26). The lowest BCUT2D eigenvalue weighted by molar-refractivity contribution is -0.132. The van der Waals surface area contributed by atoms with Crippen molar-refractivity contribution < 1.29 is 19.1 Å². The normalized spacial score (nSPS) is 18.3. The van der Waals surface area contributed by atoms with Crippen molar-refractivity contribution >= 4 is 45.8 Å². The molecule has 31 heavy (non-hydrogen) atoms. The minimum Gasteiger partial charge on any atom is -0.507 e. The van der Waals surface area contributed by atoms with Crippen LogP contribution in [0.25, 0.3) is 16.8 Å². The summed E-state index contributed by atoms with van der Waals surface area (Å²) >= 11 is 5.95. The number of fused-ring (bicyclic) bond motifs is 1. The first-order valence-electron chi connectivity index (χ1n) is 9.50. The number of aromatic amines is 1. The molecule has 0 radical (unpaired) electrons. The second-order valence-electron chi connectivity index (χ2n) is 7.23. The Bertz CT molecular complexity index is 1370. The van der Waals surface area contributed by atoms with Crippen molar-refractivity contribution in [1.82, 2.24) is 9.97 Å². The fourth-order valence-electron chi connectivity index (χ4n) is 3.81. The number of amides is 1. The van der Waals surface area contributed by atoms with E-state index in [4.69, 9.17) is 16.0 Å². The van der Waals surface area contributed by atoms with E-state index < -0.39 is 17.7 Å². The molecule has 4 aromatic rings. The van der Waals surface area contributed by atoms with Crippen LogP contribution in [0.2, 0.25) is 5.02 Å². The van der Waals surface area contributed by atoms with Crippen molar-refractivity contribution in [3.05, 3.63) is 88.6 Å². The maximum Gasteiger partial charge on any atom is 0.300 e. The minimum atomic E-state index is -0.926. The van der Waals surface area contributed by atoms with Crippen LogP contribution >= 0.6 is 11.6 Å². The van der Waals surface area contributed by atoms with Gasteiger partial charge in [0.1, 0.15) is 23.3 Å². The number of halogens is 1. The molecule has 2 aromatic carbocycles. The molecule has 1 aliphatic heterocycles. The van der Waals surface area contributed by atoms with Gasteiger partial charge in [-0.1, -0.05) is 11.6 Å². The monoisotopic (exact) mass is 433 g/mol. The molecule has 1 fully saturated rings. The summed E-state index contributed by atoms with van der Waals surface area (Å²) in [6.07, 6.45) is 1.55. The van der Waals surface area contributed by atoms with Gasteiger partial charge in [0.25, 0.3) is 11.7 Å². The Kier molecular flexibility index (Phi) is 4.41. The number of imidazole rings is 1. The van der Waals surface area contributed by atoms with Crippen LogP contribution in [0.3, 0.4) is 0 Å². The first-order valence-corrected chi connectivity index (χ1v) is 9.88. The summed E-state index contributed by atoms with van der Waals surface area (Å²) in [7, 11) is 0. The maximum absolute atomic E-state index is 13.1. The van der Waals surface area contributed by atoms with Gasteiger partial charge in [-0.25, -0.2) is 4.98 Å². The largest absolute Gasteiger partial charge is 0.507 e. The lowest BCUT2D eigenvalue weighted by atomic mass is 9.99. The second kappa shape index (κ2) is 7.14. The topological polar surface area (TPSA) is 99.4 Å². The summed E-state index contributed by atoms with van der Waals surface area (Å²) in [6.45, 7) is 1.77. The minimum absolute atomic E-state index is 0.0496.